The van der Waals surface area contributed by atoms with Gasteiger partial charge in [-0.1, -0.05) is 12.1 Å². The Balaban J connectivity index is 2.00. The molecule has 17 heavy (non-hydrogen) atoms. The fourth-order valence-corrected chi connectivity index (χ4v) is 2.04. The van der Waals surface area contributed by atoms with Crippen molar-refractivity contribution in [1.82, 2.24) is 14.8 Å². The highest BCUT2D eigenvalue weighted by atomic mass is 19.1. The molecule has 1 unspecified atom stereocenters. The van der Waals surface area contributed by atoms with E-state index in [-0.39, 0.29) is 11.9 Å². The van der Waals surface area contributed by atoms with Crippen LogP contribution in [-0.4, -0.2) is 26.0 Å². The summed E-state index contributed by atoms with van der Waals surface area (Å²) in [4.78, 5) is 4.37. The van der Waals surface area contributed by atoms with Crippen molar-refractivity contribution in [2.45, 2.75) is 25.5 Å². The second-order valence-corrected chi connectivity index (χ2v) is 4.24. The molecule has 4 nitrogen and oxygen atoms in total. The maximum Gasteiger partial charge on any atom is 0.181 e. The van der Waals surface area contributed by atoms with E-state index in [0.717, 1.165) is 5.82 Å². The second kappa shape index (κ2) is 3.92. The average molecular weight is 233 g/mol. The molecule has 88 valence electrons. The third kappa shape index (κ3) is 1.93. The molecule has 1 aromatic carbocycles. The molecule has 0 saturated carbocycles. The molecule has 1 atom stereocenters. The molecule has 2 heterocycles. The van der Waals surface area contributed by atoms with Gasteiger partial charge in [0.2, 0.25) is 0 Å². The highest BCUT2D eigenvalue weighted by Crippen LogP contribution is 2.20. The number of hydrogen-bond donors (Lipinski definition) is 1. The van der Waals surface area contributed by atoms with Crippen LogP contribution in [0.4, 0.5) is 4.39 Å². The van der Waals surface area contributed by atoms with Crippen molar-refractivity contribution in [1.29, 1.82) is 0 Å². The quantitative estimate of drug-likeness (QED) is 0.809. The van der Waals surface area contributed by atoms with E-state index in [0.29, 0.717) is 30.8 Å². The molecule has 0 amide bonds. The molecule has 0 aliphatic carbocycles. The molecule has 2 aromatic rings. The molecular formula is C12H12FN3O. The van der Waals surface area contributed by atoms with Crippen molar-refractivity contribution in [3.63, 3.8) is 0 Å². The standard InChI is InChI=1S/C12H12FN3O/c13-9-3-1-2-8(6-9)12-14-11-5-4-10(17)7-16(11)15-12/h1-3,6,10,17H,4-5,7H2. The van der Waals surface area contributed by atoms with Crippen molar-refractivity contribution >= 4 is 0 Å². The lowest BCUT2D eigenvalue weighted by atomic mass is 10.1. The van der Waals surface area contributed by atoms with Crippen LogP contribution in [0.3, 0.4) is 0 Å². The van der Waals surface area contributed by atoms with Crippen LogP contribution in [0.25, 0.3) is 11.4 Å². The number of aliphatic hydroxyl groups excluding tert-OH is 1. The van der Waals surface area contributed by atoms with Crippen molar-refractivity contribution in [2.75, 3.05) is 0 Å². The van der Waals surface area contributed by atoms with Crippen LogP contribution in [0.2, 0.25) is 0 Å². The topological polar surface area (TPSA) is 50.9 Å². The lowest BCUT2D eigenvalue weighted by molar-refractivity contribution is 0.124. The molecule has 0 spiro atoms. The van der Waals surface area contributed by atoms with E-state index in [1.165, 1.54) is 12.1 Å². The summed E-state index contributed by atoms with van der Waals surface area (Å²) in [6.07, 6.45) is 1.06. The Morgan fingerprint density at radius 3 is 3.12 bits per heavy atom. The van der Waals surface area contributed by atoms with Crippen molar-refractivity contribution in [3.8, 4) is 11.4 Å². The first kappa shape index (κ1) is 10.4. The largest absolute Gasteiger partial charge is 0.391 e. The number of aliphatic hydroxyl groups is 1. The molecule has 1 aliphatic rings. The third-order valence-electron chi connectivity index (χ3n) is 2.92. The van der Waals surface area contributed by atoms with Crippen molar-refractivity contribution in [3.05, 3.63) is 35.9 Å². The monoisotopic (exact) mass is 233 g/mol. The number of hydrogen-bond acceptors (Lipinski definition) is 3. The van der Waals surface area contributed by atoms with Crippen LogP contribution in [0.1, 0.15) is 12.2 Å². The van der Waals surface area contributed by atoms with Gasteiger partial charge in [0.05, 0.1) is 12.6 Å². The summed E-state index contributed by atoms with van der Waals surface area (Å²) in [5.41, 5.74) is 0.668. The maximum atomic E-state index is 13.1. The Morgan fingerprint density at radius 2 is 2.29 bits per heavy atom. The fraction of sp³-hybridized carbons (Fsp3) is 0.333. The summed E-state index contributed by atoms with van der Waals surface area (Å²) in [6, 6.07) is 6.22. The van der Waals surface area contributed by atoms with Gasteiger partial charge in [0.1, 0.15) is 11.6 Å². The van der Waals surface area contributed by atoms with Gasteiger partial charge in [-0.05, 0) is 18.6 Å². The number of fused-ring (bicyclic) bond motifs is 1. The highest BCUT2D eigenvalue weighted by molar-refractivity contribution is 5.54. The summed E-state index contributed by atoms with van der Waals surface area (Å²) in [5.74, 6) is 1.08. The Kier molecular flexibility index (Phi) is 2.40. The fourth-order valence-electron chi connectivity index (χ4n) is 2.04. The zero-order chi connectivity index (χ0) is 11.8. The Labute approximate surface area is 97.7 Å². The lowest BCUT2D eigenvalue weighted by Crippen LogP contribution is -2.25. The first-order valence-electron chi connectivity index (χ1n) is 5.60. The first-order valence-corrected chi connectivity index (χ1v) is 5.60. The molecule has 1 N–H and O–H groups in total. The molecule has 3 rings (SSSR count). The van der Waals surface area contributed by atoms with Gasteiger partial charge < -0.3 is 5.11 Å². The predicted molar refractivity (Wildman–Crippen MR) is 59.7 cm³/mol. The maximum absolute atomic E-state index is 13.1. The summed E-state index contributed by atoms with van der Waals surface area (Å²) in [6.45, 7) is 0.470. The van der Waals surface area contributed by atoms with E-state index >= 15 is 0 Å². The number of aryl methyl sites for hydroxylation is 1. The Morgan fingerprint density at radius 1 is 1.41 bits per heavy atom. The Bertz CT molecular complexity index is 552. The molecule has 1 aliphatic heterocycles. The van der Waals surface area contributed by atoms with E-state index in [9.17, 15) is 9.50 Å². The highest BCUT2D eigenvalue weighted by Gasteiger charge is 2.20. The van der Waals surface area contributed by atoms with E-state index in [4.69, 9.17) is 0 Å². The van der Waals surface area contributed by atoms with Gasteiger partial charge in [0.25, 0.3) is 0 Å². The molecule has 5 heteroatoms. The van der Waals surface area contributed by atoms with Crippen molar-refractivity contribution in [2.24, 2.45) is 0 Å². The van der Waals surface area contributed by atoms with E-state index in [2.05, 4.69) is 10.1 Å². The number of aromatic nitrogens is 3. The zero-order valence-corrected chi connectivity index (χ0v) is 9.17. The number of halogens is 1. The van der Waals surface area contributed by atoms with Crippen LogP contribution < -0.4 is 0 Å². The number of nitrogens with zero attached hydrogens (tertiary/aromatic N) is 3. The average Bonchev–Trinajstić information content (AvgIpc) is 2.72. The van der Waals surface area contributed by atoms with Gasteiger partial charge in [-0.25, -0.2) is 14.1 Å². The minimum atomic E-state index is -0.357. The van der Waals surface area contributed by atoms with E-state index in [1.54, 1.807) is 16.8 Å². The van der Waals surface area contributed by atoms with Gasteiger partial charge in [-0.15, -0.1) is 0 Å². The van der Waals surface area contributed by atoms with E-state index < -0.39 is 0 Å². The molecule has 0 radical (unpaired) electrons. The smallest absolute Gasteiger partial charge is 0.181 e. The van der Waals surface area contributed by atoms with Crippen LogP contribution in [0.5, 0.6) is 0 Å². The molecule has 0 saturated heterocycles. The molecule has 1 aromatic heterocycles. The van der Waals surface area contributed by atoms with E-state index in [1.807, 2.05) is 0 Å². The first-order chi connectivity index (χ1) is 8.22. The summed E-state index contributed by atoms with van der Waals surface area (Å²) >= 11 is 0. The van der Waals surface area contributed by atoms with Gasteiger partial charge >= 0.3 is 0 Å². The minimum absolute atomic E-state index is 0.296. The Hall–Kier alpha value is -1.75. The van der Waals surface area contributed by atoms with Gasteiger partial charge in [-0.3, -0.25) is 0 Å². The SMILES string of the molecule is OC1CCc2nc(-c3cccc(F)c3)nn2C1. The van der Waals surface area contributed by atoms with Crippen LogP contribution in [0.15, 0.2) is 24.3 Å². The molecular weight excluding hydrogens is 221 g/mol. The summed E-state index contributed by atoms with van der Waals surface area (Å²) < 4.78 is 14.8. The summed E-state index contributed by atoms with van der Waals surface area (Å²) in [7, 11) is 0. The van der Waals surface area contributed by atoms with Gasteiger partial charge in [0.15, 0.2) is 5.82 Å². The number of rotatable bonds is 1. The predicted octanol–water partition coefficient (Wildman–Crippen LogP) is 1.39. The molecule has 0 fully saturated rings. The second-order valence-electron chi connectivity index (χ2n) is 4.24. The van der Waals surface area contributed by atoms with Crippen molar-refractivity contribution < 1.29 is 9.50 Å². The molecule has 0 bridgehead atoms. The van der Waals surface area contributed by atoms with Crippen LogP contribution in [-0.2, 0) is 13.0 Å². The normalized spacial score (nSPS) is 19.1. The third-order valence-corrected chi connectivity index (χ3v) is 2.92. The summed E-state index contributed by atoms with van der Waals surface area (Å²) in [5, 5.41) is 13.8. The number of benzene rings is 1. The van der Waals surface area contributed by atoms with Gasteiger partial charge in [0, 0.05) is 12.0 Å². The van der Waals surface area contributed by atoms with Gasteiger partial charge in [-0.2, -0.15) is 5.10 Å². The van der Waals surface area contributed by atoms with Crippen LogP contribution in [0, 0.1) is 5.82 Å². The lowest BCUT2D eigenvalue weighted by Gasteiger charge is -2.16. The zero-order valence-electron chi connectivity index (χ0n) is 9.17. The minimum Gasteiger partial charge on any atom is -0.391 e. The van der Waals surface area contributed by atoms with Crippen LogP contribution >= 0.6 is 0 Å².